The lowest BCUT2D eigenvalue weighted by Gasteiger charge is -2.20. The Morgan fingerprint density at radius 2 is 1.61 bits per heavy atom. The Balaban J connectivity index is 3.19. The first-order chi connectivity index (χ1) is 10.4. The van der Waals surface area contributed by atoms with E-state index >= 15 is 0 Å². The Bertz CT molecular complexity index is 734. The van der Waals surface area contributed by atoms with E-state index in [1.807, 2.05) is 0 Å². The van der Waals surface area contributed by atoms with Crippen molar-refractivity contribution in [3.05, 3.63) is 24.3 Å². The van der Waals surface area contributed by atoms with Crippen LogP contribution in [0.5, 0.6) is 0 Å². The van der Waals surface area contributed by atoms with E-state index in [1.54, 1.807) is 27.7 Å². The van der Waals surface area contributed by atoms with Crippen molar-refractivity contribution in [2.24, 2.45) is 5.73 Å². The van der Waals surface area contributed by atoms with Gasteiger partial charge in [0.25, 0.3) is 0 Å². The third-order valence-corrected chi connectivity index (χ3v) is 6.62. The molecule has 23 heavy (non-hydrogen) atoms. The van der Waals surface area contributed by atoms with E-state index in [1.165, 1.54) is 28.6 Å². The van der Waals surface area contributed by atoms with Crippen LogP contribution >= 0.6 is 0 Å². The highest BCUT2D eigenvalue weighted by Crippen LogP contribution is 2.19. The Morgan fingerprint density at radius 3 is 2.09 bits per heavy atom. The van der Waals surface area contributed by atoms with Crippen LogP contribution in [0.1, 0.15) is 27.7 Å². The van der Waals surface area contributed by atoms with Gasteiger partial charge in [-0.15, -0.1) is 0 Å². The van der Waals surface area contributed by atoms with Crippen LogP contribution in [-0.2, 0) is 20.0 Å². The van der Waals surface area contributed by atoms with Crippen molar-refractivity contribution in [3.8, 4) is 0 Å². The zero-order chi connectivity index (χ0) is 17.9. The quantitative estimate of drug-likeness (QED) is 0.708. The zero-order valence-electron chi connectivity index (χ0n) is 13.9. The summed E-state index contributed by atoms with van der Waals surface area (Å²) in [5.41, 5.74) is 5.06. The van der Waals surface area contributed by atoms with Gasteiger partial charge in [0, 0.05) is 25.2 Å². The van der Waals surface area contributed by atoms with Gasteiger partial charge in [0.15, 0.2) is 0 Å². The fraction of sp³-hybridized carbons (Fsp3) is 0.571. The maximum Gasteiger partial charge on any atom is 0.243 e. The summed E-state index contributed by atoms with van der Waals surface area (Å²) in [6.07, 6.45) is 0. The Labute approximate surface area is 139 Å². The van der Waals surface area contributed by atoms with E-state index in [9.17, 15) is 16.8 Å². The summed E-state index contributed by atoms with van der Waals surface area (Å²) in [5, 5.41) is 0. The molecule has 1 aromatic carbocycles. The Morgan fingerprint density at radius 1 is 1.09 bits per heavy atom. The molecule has 1 rings (SSSR count). The molecule has 0 fully saturated rings. The van der Waals surface area contributed by atoms with Crippen LogP contribution in [0.15, 0.2) is 34.1 Å². The smallest absolute Gasteiger partial charge is 0.243 e. The molecule has 0 bridgehead atoms. The van der Waals surface area contributed by atoms with Crippen molar-refractivity contribution in [3.63, 3.8) is 0 Å². The fourth-order valence-corrected chi connectivity index (χ4v) is 4.73. The molecule has 132 valence electrons. The molecule has 0 atom stereocenters. The van der Waals surface area contributed by atoms with Gasteiger partial charge in [-0.05, 0) is 32.0 Å². The Hall–Kier alpha value is -1.00. The van der Waals surface area contributed by atoms with Crippen molar-refractivity contribution in [1.82, 2.24) is 9.03 Å². The van der Waals surface area contributed by atoms with Crippen LogP contribution < -0.4 is 10.5 Å². The minimum absolute atomic E-state index is 0.0440. The first kappa shape index (κ1) is 20.0. The lowest BCUT2D eigenvalue weighted by atomic mass is 10.1. The number of hydrogen-bond donors (Lipinski definition) is 2. The van der Waals surface area contributed by atoms with E-state index in [2.05, 4.69) is 4.72 Å². The molecule has 0 amide bonds. The van der Waals surface area contributed by atoms with Gasteiger partial charge < -0.3 is 5.73 Å². The summed E-state index contributed by atoms with van der Waals surface area (Å²) >= 11 is 0. The standard InChI is InChI=1S/C14H25N3O4S2/c1-5-17(6-2)23(20,21)13-9-7-8-12(10-13)22(18,19)16-11-14(3,4)15/h7-10,16H,5-6,11,15H2,1-4H3. The molecule has 0 saturated carbocycles. The zero-order valence-corrected chi connectivity index (χ0v) is 15.5. The number of hydrogen-bond acceptors (Lipinski definition) is 5. The maximum absolute atomic E-state index is 12.5. The molecule has 0 aliphatic rings. The summed E-state index contributed by atoms with van der Waals surface area (Å²) in [7, 11) is -7.54. The fourth-order valence-electron chi connectivity index (χ4n) is 1.88. The largest absolute Gasteiger partial charge is 0.324 e. The second-order valence-corrected chi connectivity index (χ2v) is 9.58. The van der Waals surface area contributed by atoms with Gasteiger partial charge >= 0.3 is 0 Å². The van der Waals surface area contributed by atoms with E-state index in [4.69, 9.17) is 5.73 Å². The highest BCUT2D eigenvalue weighted by Gasteiger charge is 2.24. The monoisotopic (exact) mass is 363 g/mol. The van der Waals surface area contributed by atoms with Crippen LogP contribution in [0.25, 0.3) is 0 Å². The number of nitrogens with one attached hydrogen (secondary N) is 1. The molecule has 0 saturated heterocycles. The normalized spacial score (nSPS) is 13.5. The lowest BCUT2D eigenvalue weighted by Crippen LogP contribution is -2.45. The molecule has 0 aliphatic carbocycles. The molecule has 0 spiro atoms. The predicted octanol–water partition coefficient (Wildman–Crippen LogP) is 0.733. The number of rotatable bonds is 8. The van der Waals surface area contributed by atoms with Crippen molar-refractivity contribution in [2.45, 2.75) is 43.0 Å². The summed E-state index contributed by atoms with van der Waals surface area (Å²) < 4.78 is 53.2. The molecule has 0 unspecified atom stereocenters. The molecular formula is C14H25N3O4S2. The molecule has 0 aliphatic heterocycles. The lowest BCUT2D eigenvalue weighted by molar-refractivity contribution is 0.445. The number of sulfonamides is 2. The number of nitrogens with two attached hydrogens (primary N) is 1. The minimum Gasteiger partial charge on any atom is -0.324 e. The minimum atomic E-state index is -3.83. The molecule has 1 aromatic rings. The van der Waals surface area contributed by atoms with Crippen LogP contribution in [0.4, 0.5) is 0 Å². The average Bonchev–Trinajstić information content (AvgIpc) is 2.46. The summed E-state index contributed by atoms with van der Waals surface area (Å²) in [4.78, 5) is -0.147. The summed E-state index contributed by atoms with van der Waals surface area (Å²) in [5.74, 6) is 0. The summed E-state index contributed by atoms with van der Waals surface area (Å²) in [6.45, 7) is 7.51. The highest BCUT2D eigenvalue weighted by atomic mass is 32.2. The van der Waals surface area contributed by atoms with Gasteiger partial charge in [0.1, 0.15) is 0 Å². The van der Waals surface area contributed by atoms with E-state index in [-0.39, 0.29) is 16.3 Å². The molecule has 0 radical (unpaired) electrons. The maximum atomic E-state index is 12.5. The highest BCUT2D eigenvalue weighted by molar-refractivity contribution is 7.90. The predicted molar refractivity (Wildman–Crippen MR) is 90.0 cm³/mol. The second kappa shape index (κ2) is 7.27. The third kappa shape index (κ3) is 5.25. The van der Waals surface area contributed by atoms with Crippen LogP contribution in [0.3, 0.4) is 0 Å². The number of benzene rings is 1. The first-order valence-corrected chi connectivity index (χ1v) is 10.2. The van der Waals surface area contributed by atoms with Crippen molar-refractivity contribution >= 4 is 20.0 Å². The van der Waals surface area contributed by atoms with Crippen molar-refractivity contribution < 1.29 is 16.8 Å². The Kier molecular flexibility index (Phi) is 6.33. The molecule has 0 heterocycles. The SMILES string of the molecule is CCN(CC)S(=O)(=O)c1cccc(S(=O)(=O)NCC(C)(C)N)c1. The van der Waals surface area contributed by atoms with Crippen LogP contribution in [0, 0.1) is 0 Å². The molecule has 3 N–H and O–H groups in total. The molecule has 0 aromatic heterocycles. The molecular weight excluding hydrogens is 338 g/mol. The van der Waals surface area contributed by atoms with E-state index < -0.39 is 25.6 Å². The van der Waals surface area contributed by atoms with Gasteiger partial charge in [0.05, 0.1) is 9.79 Å². The van der Waals surface area contributed by atoms with E-state index in [0.717, 1.165) is 0 Å². The van der Waals surface area contributed by atoms with Crippen molar-refractivity contribution in [2.75, 3.05) is 19.6 Å². The molecule has 7 nitrogen and oxygen atoms in total. The van der Waals surface area contributed by atoms with Gasteiger partial charge in [-0.1, -0.05) is 19.9 Å². The second-order valence-electron chi connectivity index (χ2n) is 5.88. The third-order valence-electron chi connectivity index (χ3n) is 3.18. The van der Waals surface area contributed by atoms with Crippen LogP contribution in [-0.4, -0.2) is 46.3 Å². The van der Waals surface area contributed by atoms with Crippen molar-refractivity contribution in [1.29, 1.82) is 0 Å². The number of nitrogens with zero attached hydrogens (tertiary/aromatic N) is 1. The van der Waals surface area contributed by atoms with Crippen LogP contribution in [0.2, 0.25) is 0 Å². The van der Waals surface area contributed by atoms with Gasteiger partial charge in [-0.2, -0.15) is 4.31 Å². The van der Waals surface area contributed by atoms with Gasteiger partial charge in [-0.25, -0.2) is 21.6 Å². The topological polar surface area (TPSA) is 110 Å². The first-order valence-electron chi connectivity index (χ1n) is 7.33. The summed E-state index contributed by atoms with van der Waals surface area (Å²) in [6, 6.07) is 5.32. The van der Waals surface area contributed by atoms with Gasteiger partial charge in [0.2, 0.25) is 20.0 Å². The average molecular weight is 364 g/mol. The van der Waals surface area contributed by atoms with Gasteiger partial charge in [-0.3, -0.25) is 0 Å². The van der Waals surface area contributed by atoms with E-state index in [0.29, 0.717) is 13.1 Å². The molecule has 9 heteroatoms.